The van der Waals surface area contributed by atoms with Crippen molar-refractivity contribution in [3.63, 3.8) is 0 Å². The second-order valence-corrected chi connectivity index (χ2v) is 10.2. The number of carbonyl (C=O) groups is 1. The van der Waals surface area contributed by atoms with Gasteiger partial charge in [0.1, 0.15) is 5.82 Å². The first-order valence-electron chi connectivity index (χ1n) is 11.3. The third-order valence-electron chi connectivity index (χ3n) is 6.14. The number of likely N-dealkylation sites (tertiary alicyclic amines) is 1. The number of thiophene rings is 1. The van der Waals surface area contributed by atoms with Gasteiger partial charge in [-0.1, -0.05) is 62.4 Å². The second-order valence-electron chi connectivity index (χ2n) is 9.13. The van der Waals surface area contributed by atoms with Gasteiger partial charge in [-0.05, 0) is 41.0 Å². The largest absolute Gasteiger partial charge is 0.338 e. The van der Waals surface area contributed by atoms with Crippen LogP contribution in [0, 0.1) is 17.7 Å². The van der Waals surface area contributed by atoms with Crippen LogP contribution in [-0.2, 0) is 6.54 Å². The fourth-order valence-corrected chi connectivity index (χ4v) is 5.49. The molecule has 0 N–H and O–H groups in total. The van der Waals surface area contributed by atoms with E-state index in [-0.39, 0.29) is 11.5 Å². The van der Waals surface area contributed by atoms with Gasteiger partial charge >= 0.3 is 0 Å². The first-order valence-corrected chi connectivity index (χ1v) is 12.2. The molecule has 0 bridgehead atoms. The van der Waals surface area contributed by atoms with Gasteiger partial charge in [0.25, 0.3) is 5.91 Å². The van der Waals surface area contributed by atoms with Gasteiger partial charge in [0.05, 0.1) is 5.56 Å². The van der Waals surface area contributed by atoms with Crippen LogP contribution in [0.2, 0.25) is 0 Å². The molecule has 4 rings (SSSR count). The van der Waals surface area contributed by atoms with Gasteiger partial charge in [-0.15, -0.1) is 11.3 Å². The van der Waals surface area contributed by atoms with Gasteiger partial charge in [-0.3, -0.25) is 9.69 Å². The van der Waals surface area contributed by atoms with Crippen LogP contribution in [0.4, 0.5) is 4.39 Å². The lowest BCUT2D eigenvalue weighted by atomic mass is 9.88. The molecule has 2 unspecified atom stereocenters. The Morgan fingerprint density at radius 2 is 1.81 bits per heavy atom. The Morgan fingerprint density at radius 1 is 1.06 bits per heavy atom. The summed E-state index contributed by atoms with van der Waals surface area (Å²) in [4.78, 5) is 19.1. The average molecular weight is 451 g/mol. The van der Waals surface area contributed by atoms with Crippen molar-refractivity contribution >= 4 is 17.2 Å². The molecule has 0 aliphatic carbocycles. The second kappa shape index (κ2) is 10.4. The standard InChI is InChI=1S/C27H31FN2OS/c1-20(2)15-30(27(31)24-12-6-7-13-26(24)28)17-22-16-29(18-23-11-8-14-32-23)19-25(22)21-9-4-3-5-10-21/h3-14,20,22,25H,15-19H2,1-2H3. The summed E-state index contributed by atoms with van der Waals surface area (Å²) in [7, 11) is 0. The van der Waals surface area contributed by atoms with Crippen LogP contribution in [-0.4, -0.2) is 41.9 Å². The molecule has 32 heavy (non-hydrogen) atoms. The predicted molar refractivity (Wildman–Crippen MR) is 129 cm³/mol. The summed E-state index contributed by atoms with van der Waals surface area (Å²) in [5, 5.41) is 2.12. The molecule has 2 aromatic carbocycles. The molecule has 5 heteroatoms. The highest BCUT2D eigenvalue weighted by atomic mass is 32.1. The van der Waals surface area contributed by atoms with E-state index in [2.05, 4.69) is 60.5 Å². The molecule has 3 aromatic rings. The molecule has 2 heterocycles. The van der Waals surface area contributed by atoms with Crippen molar-refractivity contribution < 1.29 is 9.18 Å². The molecule has 1 fully saturated rings. The number of amides is 1. The van der Waals surface area contributed by atoms with Gasteiger partial charge in [0.15, 0.2) is 0 Å². The van der Waals surface area contributed by atoms with Gasteiger partial charge in [-0.2, -0.15) is 0 Å². The summed E-state index contributed by atoms with van der Waals surface area (Å²) in [5.74, 6) is 0.299. The van der Waals surface area contributed by atoms with Gasteiger partial charge in [0.2, 0.25) is 0 Å². The Bertz CT molecular complexity index is 1010. The van der Waals surface area contributed by atoms with Crippen molar-refractivity contribution in [1.82, 2.24) is 9.80 Å². The zero-order valence-corrected chi connectivity index (χ0v) is 19.6. The fourth-order valence-electron chi connectivity index (χ4n) is 4.74. The van der Waals surface area contributed by atoms with Crippen molar-refractivity contribution in [3.05, 3.63) is 93.9 Å². The Balaban J connectivity index is 1.57. The Kier molecular flexibility index (Phi) is 7.38. The van der Waals surface area contributed by atoms with E-state index in [1.807, 2.05) is 11.0 Å². The van der Waals surface area contributed by atoms with Crippen LogP contribution < -0.4 is 0 Å². The maximum Gasteiger partial charge on any atom is 0.256 e. The van der Waals surface area contributed by atoms with E-state index < -0.39 is 5.82 Å². The molecule has 168 valence electrons. The van der Waals surface area contributed by atoms with Crippen molar-refractivity contribution in [2.45, 2.75) is 26.3 Å². The minimum atomic E-state index is -0.448. The van der Waals surface area contributed by atoms with E-state index in [4.69, 9.17) is 0 Å². The molecule has 3 nitrogen and oxygen atoms in total. The van der Waals surface area contributed by atoms with Crippen LogP contribution in [0.1, 0.15) is 40.6 Å². The zero-order chi connectivity index (χ0) is 22.5. The molecule has 1 aromatic heterocycles. The molecule has 0 radical (unpaired) electrons. The lowest BCUT2D eigenvalue weighted by Crippen LogP contribution is -2.40. The van der Waals surface area contributed by atoms with Crippen molar-refractivity contribution in [2.24, 2.45) is 11.8 Å². The summed E-state index contributed by atoms with van der Waals surface area (Å²) < 4.78 is 14.4. The molecule has 2 atom stereocenters. The summed E-state index contributed by atoms with van der Waals surface area (Å²) in [6.45, 7) is 8.29. The minimum absolute atomic E-state index is 0.165. The molecule has 0 saturated carbocycles. The zero-order valence-electron chi connectivity index (χ0n) is 18.8. The number of hydrogen-bond donors (Lipinski definition) is 0. The summed E-state index contributed by atoms with van der Waals surface area (Å²) >= 11 is 1.79. The number of rotatable bonds is 8. The van der Waals surface area contributed by atoms with Crippen molar-refractivity contribution in [3.8, 4) is 0 Å². The number of halogens is 1. The van der Waals surface area contributed by atoms with E-state index in [1.54, 1.807) is 29.5 Å². The highest BCUT2D eigenvalue weighted by molar-refractivity contribution is 7.09. The first-order chi connectivity index (χ1) is 15.5. The topological polar surface area (TPSA) is 23.6 Å². The van der Waals surface area contributed by atoms with Gasteiger partial charge in [-0.25, -0.2) is 4.39 Å². The molecule has 0 spiro atoms. The summed E-state index contributed by atoms with van der Waals surface area (Å²) in [5.41, 5.74) is 1.48. The normalized spacial score (nSPS) is 18.9. The van der Waals surface area contributed by atoms with Crippen molar-refractivity contribution in [1.29, 1.82) is 0 Å². The molecular formula is C27H31FN2OS. The summed E-state index contributed by atoms with van der Waals surface area (Å²) in [6.07, 6.45) is 0. The third-order valence-corrected chi connectivity index (χ3v) is 7.00. The molecule has 1 aliphatic rings. The minimum Gasteiger partial charge on any atom is -0.338 e. The highest BCUT2D eigenvalue weighted by Crippen LogP contribution is 2.35. The quantitative estimate of drug-likeness (QED) is 0.426. The van der Waals surface area contributed by atoms with Crippen LogP contribution in [0.25, 0.3) is 0 Å². The Labute approximate surface area is 194 Å². The van der Waals surface area contributed by atoms with Gasteiger partial charge in [0, 0.05) is 43.5 Å². The van der Waals surface area contributed by atoms with Crippen molar-refractivity contribution in [2.75, 3.05) is 26.2 Å². The average Bonchev–Trinajstić information content (AvgIpc) is 3.44. The maximum atomic E-state index is 14.4. The van der Waals surface area contributed by atoms with E-state index in [9.17, 15) is 9.18 Å². The van der Waals surface area contributed by atoms with E-state index in [1.165, 1.54) is 16.5 Å². The third kappa shape index (κ3) is 5.45. The van der Waals surface area contributed by atoms with E-state index in [0.717, 1.165) is 19.6 Å². The Hall–Kier alpha value is -2.50. The van der Waals surface area contributed by atoms with E-state index >= 15 is 0 Å². The number of hydrogen-bond acceptors (Lipinski definition) is 3. The lowest BCUT2D eigenvalue weighted by molar-refractivity contribution is 0.0698. The van der Waals surface area contributed by atoms with Gasteiger partial charge < -0.3 is 4.90 Å². The molecule has 1 saturated heterocycles. The number of carbonyl (C=O) groups excluding carboxylic acids is 1. The highest BCUT2D eigenvalue weighted by Gasteiger charge is 2.36. The molecule has 1 aliphatic heterocycles. The number of benzene rings is 2. The molecule has 1 amide bonds. The maximum absolute atomic E-state index is 14.4. The van der Waals surface area contributed by atoms with E-state index in [0.29, 0.717) is 30.8 Å². The number of nitrogens with zero attached hydrogens (tertiary/aromatic N) is 2. The molecular weight excluding hydrogens is 419 g/mol. The Morgan fingerprint density at radius 3 is 2.50 bits per heavy atom. The van der Waals surface area contributed by atoms with Crippen LogP contribution in [0.3, 0.4) is 0 Å². The van der Waals surface area contributed by atoms with Crippen LogP contribution in [0.5, 0.6) is 0 Å². The smallest absolute Gasteiger partial charge is 0.256 e. The SMILES string of the molecule is CC(C)CN(CC1CN(Cc2cccs2)CC1c1ccccc1)C(=O)c1ccccc1F. The monoisotopic (exact) mass is 450 g/mol. The predicted octanol–water partition coefficient (Wildman–Crippen LogP) is 5.90. The van der Waals surface area contributed by atoms with Crippen LogP contribution >= 0.6 is 11.3 Å². The first kappa shape index (κ1) is 22.7. The fraction of sp³-hybridized carbons (Fsp3) is 0.370. The van der Waals surface area contributed by atoms with Crippen LogP contribution in [0.15, 0.2) is 72.1 Å². The summed E-state index contributed by atoms with van der Waals surface area (Å²) in [6, 6.07) is 21.2. The lowest BCUT2D eigenvalue weighted by Gasteiger charge is -2.30.